The lowest BCUT2D eigenvalue weighted by Crippen LogP contribution is -2.29. The van der Waals surface area contributed by atoms with Crippen LogP contribution >= 0.6 is 23.2 Å². The normalized spacial score (nSPS) is 13.6. The molecule has 1 atom stereocenters. The highest BCUT2D eigenvalue weighted by atomic mass is 35.5. The van der Waals surface area contributed by atoms with E-state index in [1.807, 2.05) is 18.7 Å². The maximum atomic E-state index is 10.0. The number of ether oxygens (including phenoxy) is 1. The van der Waals surface area contributed by atoms with Gasteiger partial charge >= 0.3 is 0 Å². The van der Waals surface area contributed by atoms with Crippen LogP contribution in [0, 0.1) is 13.8 Å². The van der Waals surface area contributed by atoms with Gasteiger partial charge in [-0.3, -0.25) is 9.97 Å². The van der Waals surface area contributed by atoms with E-state index in [1.54, 1.807) is 37.6 Å². The molecule has 0 bridgehead atoms. The number of benzene rings is 1. The van der Waals surface area contributed by atoms with E-state index in [0.29, 0.717) is 75.3 Å². The SMILES string of the molecule is CNC[C@@H](O)COc1ccc(Cl)c(-c2nc(-c3c(C)noc3C)c(Cl)c(N3Cc4nccnc4C3)n2)c1. The van der Waals surface area contributed by atoms with Crippen molar-refractivity contribution in [2.24, 2.45) is 0 Å². The van der Waals surface area contributed by atoms with Crippen LogP contribution in [0.25, 0.3) is 22.6 Å². The standard InChI is InChI=1S/C25H25Cl2N7O3/c1-13-21(14(2)37-33-13)23-22(27)25(34-10-19-20(11-34)30-7-6-29-19)32-24(31-23)17-8-16(4-5-18(17)26)36-12-15(35)9-28-3/h4-8,15,28,35H,9-12H2,1-3H3/t15-/m1/s1. The Hall–Kier alpha value is -3.31. The molecule has 1 aliphatic heterocycles. The first kappa shape index (κ1) is 25.3. The highest BCUT2D eigenvalue weighted by Crippen LogP contribution is 2.41. The molecule has 192 valence electrons. The lowest BCUT2D eigenvalue weighted by molar-refractivity contribution is 0.108. The maximum absolute atomic E-state index is 10.0. The molecule has 0 radical (unpaired) electrons. The minimum Gasteiger partial charge on any atom is -0.491 e. The van der Waals surface area contributed by atoms with Gasteiger partial charge < -0.3 is 24.6 Å². The fourth-order valence-electron chi connectivity index (χ4n) is 4.23. The summed E-state index contributed by atoms with van der Waals surface area (Å²) in [5, 5.41) is 17.8. The van der Waals surface area contributed by atoms with Crippen molar-refractivity contribution in [1.82, 2.24) is 30.4 Å². The van der Waals surface area contributed by atoms with Gasteiger partial charge in [-0.25, -0.2) is 9.97 Å². The minimum absolute atomic E-state index is 0.116. The molecule has 5 rings (SSSR count). The van der Waals surface area contributed by atoms with Gasteiger partial charge in [0.15, 0.2) is 11.6 Å². The summed E-state index contributed by atoms with van der Waals surface area (Å²) in [7, 11) is 1.76. The van der Waals surface area contributed by atoms with E-state index >= 15 is 0 Å². The maximum Gasteiger partial charge on any atom is 0.163 e. The number of aliphatic hydroxyl groups excluding tert-OH is 1. The van der Waals surface area contributed by atoms with Crippen LogP contribution in [0.3, 0.4) is 0 Å². The fourth-order valence-corrected chi connectivity index (χ4v) is 4.73. The van der Waals surface area contributed by atoms with Gasteiger partial charge in [0, 0.05) is 24.5 Å². The van der Waals surface area contributed by atoms with Crippen LogP contribution in [0.2, 0.25) is 10.0 Å². The molecule has 0 amide bonds. The third-order valence-electron chi connectivity index (χ3n) is 6.01. The van der Waals surface area contributed by atoms with Gasteiger partial charge in [0.25, 0.3) is 0 Å². The summed E-state index contributed by atoms with van der Waals surface area (Å²) in [5.41, 5.74) is 4.13. The Balaban J connectivity index is 1.60. The quantitative estimate of drug-likeness (QED) is 0.338. The fraction of sp³-hybridized carbons (Fsp3) is 0.320. The molecule has 4 aromatic rings. The minimum atomic E-state index is -0.660. The number of fused-ring (bicyclic) bond motifs is 1. The summed E-state index contributed by atoms with van der Waals surface area (Å²) in [5.74, 6) is 1.99. The molecule has 1 aliphatic rings. The number of nitrogens with zero attached hydrogens (tertiary/aromatic N) is 6. The third kappa shape index (κ3) is 5.10. The van der Waals surface area contributed by atoms with Crippen molar-refractivity contribution in [3.05, 3.63) is 63.5 Å². The van der Waals surface area contributed by atoms with Gasteiger partial charge in [-0.2, -0.15) is 0 Å². The van der Waals surface area contributed by atoms with Gasteiger partial charge in [0.05, 0.1) is 40.8 Å². The monoisotopic (exact) mass is 541 g/mol. The average molecular weight is 542 g/mol. The molecule has 0 saturated heterocycles. The summed E-state index contributed by atoms with van der Waals surface area (Å²) < 4.78 is 11.2. The van der Waals surface area contributed by atoms with Crippen molar-refractivity contribution in [2.45, 2.75) is 33.0 Å². The van der Waals surface area contributed by atoms with Crippen molar-refractivity contribution in [3.63, 3.8) is 0 Å². The number of hydrogen-bond donors (Lipinski definition) is 2. The number of halogens is 2. The number of aryl methyl sites for hydroxylation is 2. The molecule has 4 heterocycles. The first-order valence-corrected chi connectivity index (χ1v) is 12.4. The van der Waals surface area contributed by atoms with E-state index in [1.165, 1.54) is 0 Å². The van der Waals surface area contributed by atoms with Crippen molar-refractivity contribution in [2.75, 3.05) is 25.1 Å². The predicted octanol–water partition coefficient (Wildman–Crippen LogP) is 3.99. The van der Waals surface area contributed by atoms with Crippen molar-refractivity contribution < 1.29 is 14.4 Å². The topological polar surface area (TPSA) is 122 Å². The molecule has 0 spiro atoms. The Morgan fingerprint density at radius 2 is 1.86 bits per heavy atom. The van der Waals surface area contributed by atoms with Crippen LogP contribution in [0.5, 0.6) is 5.75 Å². The second kappa shape index (κ2) is 10.6. The Morgan fingerprint density at radius 3 is 2.51 bits per heavy atom. The molecule has 0 fully saturated rings. The van der Waals surface area contributed by atoms with E-state index in [9.17, 15) is 5.11 Å². The summed E-state index contributed by atoms with van der Waals surface area (Å²) in [6.45, 7) is 5.17. The summed E-state index contributed by atoms with van der Waals surface area (Å²) in [6, 6.07) is 5.20. The largest absolute Gasteiger partial charge is 0.491 e. The molecule has 10 nitrogen and oxygen atoms in total. The first-order chi connectivity index (χ1) is 17.9. The number of nitrogens with one attached hydrogen (secondary N) is 1. The molecule has 37 heavy (non-hydrogen) atoms. The highest BCUT2D eigenvalue weighted by Gasteiger charge is 2.29. The van der Waals surface area contributed by atoms with Crippen LogP contribution in [0.4, 0.5) is 5.82 Å². The number of likely N-dealkylation sites (N-methyl/N-ethyl adjacent to an activating group) is 1. The number of anilines is 1. The Kier molecular flexibility index (Phi) is 7.25. The van der Waals surface area contributed by atoms with Gasteiger partial charge in [-0.1, -0.05) is 28.4 Å². The van der Waals surface area contributed by atoms with E-state index in [2.05, 4.69) is 20.4 Å². The molecule has 0 aliphatic carbocycles. The Morgan fingerprint density at radius 1 is 1.14 bits per heavy atom. The second-order valence-electron chi connectivity index (χ2n) is 8.70. The van der Waals surface area contributed by atoms with Gasteiger partial charge in [-0.05, 0) is 39.1 Å². The zero-order valence-corrected chi connectivity index (χ0v) is 22.0. The number of rotatable bonds is 8. The van der Waals surface area contributed by atoms with E-state index in [4.69, 9.17) is 42.4 Å². The van der Waals surface area contributed by atoms with Crippen molar-refractivity contribution >= 4 is 29.0 Å². The van der Waals surface area contributed by atoms with Crippen LogP contribution in [0.15, 0.2) is 35.1 Å². The summed E-state index contributed by atoms with van der Waals surface area (Å²) >= 11 is 13.6. The van der Waals surface area contributed by atoms with Gasteiger partial charge in [-0.15, -0.1) is 0 Å². The number of hydrogen-bond acceptors (Lipinski definition) is 10. The third-order valence-corrected chi connectivity index (χ3v) is 6.68. The molecule has 1 aromatic carbocycles. The zero-order valence-electron chi connectivity index (χ0n) is 20.5. The summed E-state index contributed by atoms with van der Waals surface area (Å²) in [4.78, 5) is 20.5. The first-order valence-electron chi connectivity index (χ1n) is 11.7. The van der Waals surface area contributed by atoms with Crippen LogP contribution in [-0.4, -0.2) is 56.5 Å². The Bertz CT molecular complexity index is 1400. The van der Waals surface area contributed by atoms with Crippen LogP contribution < -0.4 is 15.0 Å². The Labute approximate surface area is 223 Å². The zero-order chi connectivity index (χ0) is 26.1. The van der Waals surface area contributed by atoms with E-state index in [0.717, 1.165) is 11.4 Å². The molecular formula is C25H25Cl2N7O3. The van der Waals surface area contributed by atoms with E-state index < -0.39 is 6.10 Å². The van der Waals surface area contributed by atoms with Gasteiger partial charge in [0.2, 0.25) is 0 Å². The molecule has 0 unspecified atom stereocenters. The molecule has 2 N–H and O–H groups in total. The number of aliphatic hydroxyl groups is 1. The molecule has 0 saturated carbocycles. The van der Waals surface area contributed by atoms with Crippen LogP contribution in [0.1, 0.15) is 22.8 Å². The van der Waals surface area contributed by atoms with Crippen LogP contribution in [-0.2, 0) is 13.1 Å². The highest BCUT2D eigenvalue weighted by molar-refractivity contribution is 6.36. The van der Waals surface area contributed by atoms with E-state index in [-0.39, 0.29) is 6.61 Å². The number of aromatic nitrogens is 5. The van der Waals surface area contributed by atoms with Crippen molar-refractivity contribution in [1.29, 1.82) is 0 Å². The molecule has 3 aromatic heterocycles. The van der Waals surface area contributed by atoms with Gasteiger partial charge in [0.1, 0.15) is 34.9 Å². The average Bonchev–Trinajstić information content (AvgIpc) is 3.46. The summed E-state index contributed by atoms with van der Waals surface area (Å²) in [6.07, 6.45) is 2.68. The lowest BCUT2D eigenvalue weighted by Gasteiger charge is -2.20. The predicted molar refractivity (Wildman–Crippen MR) is 140 cm³/mol. The molecular weight excluding hydrogens is 517 g/mol. The lowest BCUT2D eigenvalue weighted by atomic mass is 10.1. The molecule has 12 heteroatoms. The second-order valence-corrected chi connectivity index (χ2v) is 9.49. The van der Waals surface area contributed by atoms with Crippen molar-refractivity contribution in [3.8, 4) is 28.4 Å². The smallest absolute Gasteiger partial charge is 0.163 e.